The van der Waals surface area contributed by atoms with Crippen LogP contribution in [0.4, 0.5) is 0 Å². The lowest BCUT2D eigenvalue weighted by atomic mass is 9.93. The summed E-state index contributed by atoms with van der Waals surface area (Å²) in [6.45, 7) is 4.85. The molecule has 33 heavy (non-hydrogen) atoms. The van der Waals surface area contributed by atoms with Gasteiger partial charge < -0.3 is 26.0 Å². The summed E-state index contributed by atoms with van der Waals surface area (Å²) < 4.78 is 0. The highest BCUT2D eigenvalue weighted by Crippen LogP contribution is 2.25. The van der Waals surface area contributed by atoms with Crippen molar-refractivity contribution in [1.82, 2.24) is 10.6 Å². The van der Waals surface area contributed by atoms with E-state index in [-0.39, 0.29) is 29.5 Å². The van der Waals surface area contributed by atoms with Gasteiger partial charge in [0, 0.05) is 24.7 Å². The van der Waals surface area contributed by atoms with Crippen molar-refractivity contribution in [3.63, 3.8) is 0 Å². The second-order valence-corrected chi connectivity index (χ2v) is 9.00. The Balaban J connectivity index is 1.53. The van der Waals surface area contributed by atoms with Crippen LogP contribution in [0, 0.1) is 0 Å². The van der Waals surface area contributed by atoms with E-state index in [1.165, 1.54) is 18.2 Å². The van der Waals surface area contributed by atoms with Crippen LogP contribution >= 0.6 is 0 Å². The molecule has 3 rings (SSSR count). The summed E-state index contributed by atoms with van der Waals surface area (Å²) in [5, 5.41) is 36.0. The highest BCUT2D eigenvalue weighted by atomic mass is 16.3. The normalized spacial score (nSPS) is 12.3. The number of β-amino-alcohol motifs (C(OH)–C–C–N with tert-alkyl or cyclic N) is 1. The van der Waals surface area contributed by atoms with E-state index in [1.807, 2.05) is 68.4 Å². The summed E-state index contributed by atoms with van der Waals surface area (Å²) >= 11 is 0. The molecule has 1 amide bonds. The Bertz CT molecular complexity index is 1050. The van der Waals surface area contributed by atoms with Gasteiger partial charge in [0.25, 0.3) is 0 Å². The molecule has 0 heterocycles. The van der Waals surface area contributed by atoms with Crippen LogP contribution in [-0.2, 0) is 24.2 Å². The van der Waals surface area contributed by atoms with Gasteiger partial charge in [-0.15, -0.1) is 0 Å². The molecular formula is C27H32N2O4. The smallest absolute Gasteiger partial charge is 0.224 e. The number of benzene rings is 3. The monoisotopic (exact) mass is 448 g/mol. The number of aliphatic hydroxyl groups is 1. The molecule has 174 valence electrons. The van der Waals surface area contributed by atoms with Crippen molar-refractivity contribution in [2.75, 3.05) is 6.54 Å². The number of hydrogen-bond donors (Lipinski definition) is 5. The van der Waals surface area contributed by atoms with Crippen LogP contribution < -0.4 is 10.6 Å². The predicted octanol–water partition coefficient (Wildman–Crippen LogP) is 3.60. The van der Waals surface area contributed by atoms with Crippen molar-refractivity contribution >= 4 is 5.91 Å². The first kappa shape index (κ1) is 24.3. The minimum absolute atomic E-state index is 0.0223. The molecule has 1 unspecified atom stereocenters. The summed E-state index contributed by atoms with van der Waals surface area (Å²) in [6, 6.07) is 21.9. The molecule has 5 N–H and O–H groups in total. The summed E-state index contributed by atoms with van der Waals surface area (Å²) in [5.41, 5.74) is 3.22. The third-order valence-corrected chi connectivity index (χ3v) is 5.42. The minimum atomic E-state index is -0.873. The van der Waals surface area contributed by atoms with E-state index >= 15 is 0 Å². The van der Waals surface area contributed by atoms with Gasteiger partial charge in [0.15, 0.2) is 0 Å². The zero-order chi connectivity index (χ0) is 23.8. The fraction of sp³-hybridized carbons (Fsp3) is 0.296. The average molecular weight is 449 g/mol. The first-order chi connectivity index (χ1) is 15.7. The lowest BCUT2D eigenvalue weighted by Gasteiger charge is -2.28. The molecule has 0 aromatic heterocycles. The Kier molecular flexibility index (Phi) is 8.09. The van der Waals surface area contributed by atoms with E-state index in [2.05, 4.69) is 10.6 Å². The minimum Gasteiger partial charge on any atom is -0.508 e. The van der Waals surface area contributed by atoms with Gasteiger partial charge in [-0.05, 0) is 54.7 Å². The predicted molar refractivity (Wildman–Crippen MR) is 129 cm³/mol. The zero-order valence-electron chi connectivity index (χ0n) is 19.1. The lowest BCUT2D eigenvalue weighted by Crippen LogP contribution is -2.43. The molecule has 0 aliphatic heterocycles. The maximum atomic E-state index is 12.4. The molecule has 0 aliphatic rings. The van der Waals surface area contributed by atoms with Gasteiger partial charge in [-0.2, -0.15) is 0 Å². The molecule has 0 fully saturated rings. The number of aromatic hydroxyl groups is 2. The SMILES string of the molecule is CC(C)(Cc1cccc(CC(=O)NCc2ccccc2)c1)NCC(O)c1cc(O)cc(O)c1. The summed E-state index contributed by atoms with van der Waals surface area (Å²) in [6.07, 6.45) is 0.139. The number of hydrogen-bond acceptors (Lipinski definition) is 5. The van der Waals surface area contributed by atoms with Crippen LogP contribution in [0.15, 0.2) is 72.8 Å². The van der Waals surface area contributed by atoms with Gasteiger partial charge in [0.05, 0.1) is 12.5 Å². The molecule has 0 saturated carbocycles. The fourth-order valence-electron chi connectivity index (χ4n) is 3.77. The topological polar surface area (TPSA) is 102 Å². The van der Waals surface area contributed by atoms with E-state index in [4.69, 9.17) is 0 Å². The highest BCUT2D eigenvalue weighted by molar-refractivity contribution is 5.78. The van der Waals surface area contributed by atoms with Crippen molar-refractivity contribution in [1.29, 1.82) is 0 Å². The van der Waals surface area contributed by atoms with Crippen LogP contribution in [0.1, 0.15) is 42.2 Å². The quantitative estimate of drug-likeness (QED) is 0.326. The van der Waals surface area contributed by atoms with Crippen molar-refractivity contribution in [3.05, 3.63) is 95.1 Å². The molecule has 3 aromatic carbocycles. The molecule has 1 atom stereocenters. The van der Waals surface area contributed by atoms with Gasteiger partial charge in [-0.1, -0.05) is 54.6 Å². The molecule has 0 bridgehead atoms. The van der Waals surface area contributed by atoms with Gasteiger partial charge in [-0.25, -0.2) is 0 Å². The van der Waals surface area contributed by atoms with Crippen LogP contribution in [-0.4, -0.2) is 33.3 Å². The fourth-order valence-corrected chi connectivity index (χ4v) is 3.77. The Labute approximate surface area is 194 Å². The first-order valence-corrected chi connectivity index (χ1v) is 11.0. The molecule has 3 aromatic rings. The van der Waals surface area contributed by atoms with Crippen LogP contribution in [0.2, 0.25) is 0 Å². The Morgan fingerprint density at radius 2 is 1.52 bits per heavy atom. The summed E-state index contributed by atoms with van der Waals surface area (Å²) in [7, 11) is 0. The lowest BCUT2D eigenvalue weighted by molar-refractivity contribution is -0.120. The first-order valence-electron chi connectivity index (χ1n) is 11.0. The molecule has 0 radical (unpaired) electrons. The number of phenols is 2. The Morgan fingerprint density at radius 3 is 2.21 bits per heavy atom. The Hall–Kier alpha value is -3.35. The second kappa shape index (κ2) is 11.0. The number of nitrogens with one attached hydrogen (secondary N) is 2. The molecule has 0 aliphatic carbocycles. The maximum absolute atomic E-state index is 12.4. The van der Waals surface area contributed by atoms with Crippen molar-refractivity contribution in [3.8, 4) is 11.5 Å². The average Bonchev–Trinajstić information content (AvgIpc) is 2.76. The van der Waals surface area contributed by atoms with Crippen LogP contribution in [0.3, 0.4) is 0 Å². The third-order valence-electron chi connectivity index (χ3n) is 5.42. The Morgan fingerprint density at radius 1 is 0.879 bits per heavy atom. The summed E-state index contributed by atoms with van der Waals surface area (Å²) in [5.74, 6) is -0.202. The molecule has 0 spiro atoms. The third kappa shape index (κ3) is 7.93. The van der Waals surface area contributed by atoms with Crippen molar-refractivity contribution in [2.45, 2.75) is 44.9 Å². The standard InChI is InChI=1S/C27H32N2O4/c1-27(2,29-18-25(32)22-13-23(30)15-24(31)14-22)16-21-10-6-9-20(11-21)12-26(33)28-17-19-7-4-3-5-8-19/h3-11,13-15,25,29-32H,12,16-18H2,1-2H3,(H,28,33). The van der Waals surface area contributed by atoms with Crippen molar-refractivity contribution < 1.29 is 20.1 Å². The van der Waals surface area contributed by atoms with Crippen molar-refractivity contribution in [2.24, 2.45) is 0 Å². The maximum Gasteiger partial charge on any atom is 0.224 e. The van der Waals surface area contributed by atoms with E-state index in [1.54, 1.807) is 0 Å². The number of phenolic OH excluding ortho intramolecular Hbond substituents is 2. The van der Waals surface area contributed by atoms with E-state index in [0.717, 1.165) is 16.7 Å². The van der Waals surface area contributed by atoms with Gasteiger partial charge in [0.1, 0.15) is 11.5 Å². The molecular weight excluding hydrogens is 416 g/mol. The number of carbonyl (C=O) groups excluding carboxylic acids is 1. The number of amides is 1. The van der Waals surface area contributed by atoms with E-state index in [9.17, 15) is 20.1 Å². The van der Waals surface area contributed by atoms with Crippen LogP contribution in [0.25, 0.3) is 0 Å². The summed E-state index contributed by atoms with van der Waals surface area (Å²) in [4.78, 5) is 12.4. The second-order valence-electron chi connectivity index (χ2n) is 9.00. The van der Waals surface area contributed by atoms with Gasteiger partial charge in [0.2, 0.25) is 5.91 Å². The van der Waals surface area contributed by atoms with E-state index < -0.39 is 6.10 Å². The highest BCUT2D eigenvalue weighted by Gasteiger charge is 2.20. The number of aliphatic hydroxyl groups excluding tert-OH is 1. The largest absolute Gasteiger partial charge is 0.508 e. The molecule has 6 nitrogen and oxygen atoms in total. The molecule has 0 saturated heterocycles. The number of carbonyl (C=O) groups is 1. The number of rotatable bonds is 10. The van der Waals surface area contributed by atoms with E-state index in [0.29, 0.717) is 24.9 Å². The molecule has 6 heteroatoms. The van der Waals surface area contributed by atoms with Gasteiger partial charge in [-0.3, -0.25) is 4.79 Å². The van der Waals surface area contributed by atoms with Gasteiger partial charge >= 0.3 is 0 Å². The van der Waals surface area contributed by atoms with Crippen LogP contribution in [0.5, 0.6) is 11.5 Å². The zero-order valence-corrected chi connectivity index (χ0v) is 19.1.